The number of halogens is 1. The number of rotatable bonds is 5. The van der Waals surface area contributed by atoms with Gasteiger partial charge in [0.05, 0.1) is 5.69 Å². The summed E-state index contributed by atoms with van der Waals surface area (Å²) in [5.41, 5.74) is 2.77. The van der Waals surface area contributed by atoms with E-state index in [0.29, 0.717) is 11.4 Å². The van der Waals surface area contributed by atoms with Crippen molar-refractivity contribution in [3.63, 3.8) is 0 Å². The summed E-state index contributed by atoms with van der Waals surface area (Å²) < 4.78 is 0.910. The number of amides is 6. The Hall–Kier alpha value is -3.61. The molecule has 1 heterocycles. The molecule has 11 heteroatoms. The van der Waals surface area contributed by atoms with E-state index in [9.17, 15) is 24.0 Å². The van der Waals surface area contributed by atoms with Gasteiger partial charge in [-0.2, -0.15) is 5.10 Å². The Balaban J connectivity index is 1.65. The van der Waals surface area contributed by atoms with Gasteiger partial charge in [0.15, 0.2) is 5.92 Å². The standard InChI is InChI=1S/C23H22IN5O5/c1-23(2,3)21(33)26-15-8-4-13(5-9-15)18(30)28-25-12-17-19(31)27-22(34)29(20(17)32)16-10-6-14(24)7-11-16/h4-12,17H,1-3H3,(H,26,33)(H,28,30)(H,27,31,34)/b25-12-/t17-/m1/s1. The molecule has 0 saturated carbocycles. The summed E-state index contributed by atoms with van der Waals surface area (Å²) in [5, 5.41) is 8.59. The number of benzene rings is 2. The quantitative estimate of drug-likeness (QED) is 0.218. The zero-order valence-electron chi connectivity index (χ0n) is 18.6. The molecule has 0 spiro atoms. The maximum absolute atomic E-state index is 12.8. The second kappa shape index (κ2) is 10.1. The van der Waals surface area contributed by atoms with Gasteiger partial charge in [-0.3, -0.25) is 24.5 Å². The molecule has 0 aliphatic carbocycles. The first-order chi connectivity index (χ1) is 16.0. The summed E-state index contributed by atoms with van der Waals surface area (Å²) in [6.45, 7) is 5.36. The monoisotopic (exact) mass is 575 g/mol. The normalized spacial score (nSPS) is 16.4. The number of anilines is 2. The van der Waals surface area contributed by atoms with E-state index in [2.05, 4.69) is 43.8 Å². The Kier molecular flexibility index (Phi) is 7.44. The Morgan fingerprint density at radius 3 is 2.24 bits per heavy atom. The van der Waals surface area contributed by atoms with E-state index in [-0.39, 0.29) is 11.5 Å². The maximum atomic E-state index is 12.8. The molecule has 1 atom stereocenters. The lowest BCUT2D eigenvalue weighted by Gasteiger charge is -2.28. The maximum Gasteiger partial charge on any atom is 0.335 e. The van der Waals surface area contributed by atoms with E-state index in [1.807, 2.05) is 0 Å². The minimum atomic E-state index is -1.40. The minimum Gasteiger partial charge on any atom is -0.326 e. The summed E-state index contributed by atoms with van der Waals surface area (Å²) in [4.78, 5) is 62.4. The van der Waals surface area contributed by atoms with Crippen LogP contribution in [0.5, 0.6) is 0 Å². The number of carbonyl (C=O) groups excluding carboxylic acids is 5. The van der Waals surface area contributed by atoms with Crippen LogP contribution in [0.4, 0.5) is 16.2 Å². The van der Waals surface area contributed by atoms with Crippen LogP contribution in [-0.2, 0) is 14.4 Å². The molecule has 0 radical (unpaired) electrons. The van der Waals surface area contributed by atoms with Crippen molar-refractivity contribution in [2.75, 3.05) is 10.2 Å². The van der Waals surface area contributed by atoms with Crippen LogP contribution in [0.2, 0.25) is 0 Å². The van der Waals surface area contributed by atoms with Crippen molar-refractivity contribution in [2.45, 2.75) is 20.8 Å². The second-order valence-electron chi connectivity index (χ2n) is 8.42. The van der Waals surface area contributed by atoms with Crippen LogP contribution in [0.3, 0.4) is 0 Å². The zero-order valence-corrected chi connectivity index (χ0v) is 20.7. The smallest absolute Gasteiger partial charge is 0.326 e. The molecule has 0 aromatic heterocycles. The van der Waals surface area contributed by atoms with E-state index in [1.165, 1.54) is 12.1 Å². The fourth-order valence-corrected chi connectivity index (χ4v) is 3.17. The molecule has 0 bridgehead atoms. The highest BCUT2D eigenvalue weighted by Crippen LogP contribution is 2.21. The van der Waals surface area contributed by atoms with Crippen LogP contribution in [0.15, 0.2) is 53.6 Å². The Bertz CT molecular complexity index is 1170. The number of carbonyl (C=O) groups is 5. The molecule has 0 unspecified atom stereocenters. The number of imide groups is 2. The van der Waals surface area contributed by atoms with Crippen molar-refractivity contribution in [1.82, 2.24) is 10.7 Å². The van der Waals surface area contributed by atoms with E-state index >= 15 is 0 Å². The van der Waals surface area contributed by atoms with Gasteiger partial charge in [-0.05, 0) is 71.1 Å². The molecule has 1 aliphatic rings. The first-order valence-corrected chi connectivity index (χ1v) is 11.2. The van der Waals surface area contributed by atoms with Gasteiger partial charge in [0.2, 0.25) is 11.8 Å². The van der Waals surface area contributed by atoms with Crippen molar-refractivity contribution in [3.8, 4) is 0 Å². The van der Waals surface area contributed by atoms with Crippen molar-refractivity contribution in [2.24, 2.45) is 16.4 Å². The number of hydrogen-bond acceptors (Lipinski definition) is 6. The molecule has 1 fully saturated rings. The van der Waals surface area contributed by atoms with Gasteiger partial charge in [-0.25, -0.2) is 15.1 Å². The number of urea groups is 1. The van der Waals surface area contributed by atoms with Crippen LogP contribution < -0.4 is 21.0 Å². The molecular formula is C23H22IN5O5. The fourth-order valence-electron chi connectivity index (χ4n) is 2.81. The number of barbiturate groups is 1. The third-order valence-corrected chi connectivity index (χ3v) is 5.48. The fraction of sp³-hybridized carbons (Fsp3) is 0.217. The predicted molar refractivity (Wildman–Crippen MR) is 134 cm³/mol. The Morgan fingerprint density at radius 2 is 1.65 bits per heavy atom. The average Bonchev–Trinajstić information content (AvgIpc) is 2.77. The van der Waals surface area contributed by atoms with Crippen LogP contribution >= 0.6 is 22.6 Å². The van der Waals surface area contributed by atoms with Gasteiger partial charge >= 0.3 is 6.03 Å². The lowest BCUT2D eigenvalue weighted by atomic mass is 9.95. The third-order valence-electron chi connectivity index (χ3n) is 4.76. The third kappa shape index (κ3) is 5.84. The Morgan fingerprint density at radius 1 is 1.03 bits per heavy atom. The SMILES string of the molecule is CC(C)(C)C(=O)Nc1ccc(C(=O)N/N=C\[C@@H]2C(=O)NC(=O)N(c3ccc(I)cc3)C2=O)cc1. The first-order valence-electron chi connectivity index (χ1n) is 10.2. The van der Waals surface area contributed by atoms with Crippen molar-refractivity contribution < 1.29 is 24.0 Å². The summed E-state index contributed by atoms with van der Waals surface area (Å²) in [7, 11) is 0. The molecule has 1 aliphatic heterocycles. The predicted octanol–water partition coefficient (Wildman–Crippen LogP) is 2.89. The van der Waals surface area contributed by atoms with Gasteiger partial charge in [0.25, 0.3) is 11.8 Å². The van der Waals surface area contributed by atoms with Crippen molar-refractivity contribution >= 4 is 69.8 Å². The number of nitrogens with one attached hydrogen (secondary N) is 3. The summed E-state index contributed by atoms with van der Waals surface area (Å²) in [5.74, 6) is -3.77. The number of nitrogens with zero attached hydrogens (tertiary/aromatic N) is 2. The van der Waals surface area contributed by atoms with Gasteiger partial charge in [0, 0.05) is 26.5 Å². The van der Waals surface area contributed by atoms with Crippen LogP contribution in [0, 0.1) is 14.9 Å². The summed E-state index contributed by atoms with van der Waals surface area (Å²) >= 11 is 2.09. The van der Waals surface area contributed by atoms with Crippen LogP contribution in [0.25, 0.3) is 0 Å². The van der Waals surface area contributed by atoms with Gasteiger partial charge < -0.3 is 5.32 Å². The molecule has 3 rings (SSSR count). The number of hydrazone groups is 1. The molecule has 6 amide bonds. The largest absolute Gasteiger partial charge is 0.335 e. The highest BCUT2D eigenvalue weighted by Gasteiger charge is 2.40. The molecule has 3 N–H and O–H groups in total. The summed E-state index contributed by atoms with van der Waals surface area (Å²) in [6, 6.07) is 11.9. The summed E-state index contributed by atoms with van der Waals surface area (Å²) in [6.07, 6.45) is 0.972. The number of hydrogen-bond donors (Lipinski definition) is 3. The molecular weight excluding hydrogens is 553 g/mol. The molecule has 10 nitrogen and oxygen atoms in total. The average molecular weight is 575 g/mol. The van der Waals surface area contributed by atoms with E-state index < -0.39 is 35.1 Å². The van der Waals surface area contributed by atoms with Gasteiger partial charge in [-0.15, -0.1) is 0 Å². The van der Waals surface area contributed by atoms with Crippen molar-refractivity contribution in [3.05, 3.63) is 57.7 Å². The molecule has 2 aromatic rings. The van der Waals surface area contributed by atoms with Crippen molar-refractivity contribution in [1.29, 1.82) is 0 Å². The second-order valence-corrected chi connectivity index (χ2v) is 9.67. The molecule has 2 aromatic carbocycles. The highest BCUT2D eigenvalue weighted by molar-refractivity contribution is 14.1. The lowest BCUT2D eigenvalue weighted by molar-refractivity contribution is -0.131. The van der Waals surface area contributed by atoms with Gasteiger partial charge in [0.1, 0.15) is 0 Å². The lowest BCUT2D eigenvalue weighted by Crippen LogP contribution is -2.58. The van der Waals surface area contributed by atoms with Crippen LogP contribution in [0.1, 0.15) is 31.1 Å². The molecule has 34 heavy (non-hydrogen) atoms. The van der Waals surface area contributed by atoms with E-state index in [4.69, 9.17) is 0 Å². The van der Waals surface area contributed by atoms with Gasteiger partial charge in [-0.1, -0.05) is 20.8 Å². The highest BCUT2D eigenvalue weighted by atomic mass is 127. The van der Waals surface area contributed by atoms with E-state index in [0.717, 1.165) is 14.7 Å². The molecule has 176 valence electrons. The first kappa shape index (κ1) is 25.0. The zero-order chi connectivity index (χ0) is 25.0. The van der Waals surface area contributed by atoms with E-state index in [1.54, 1.807) is 57.2 Å². The topological polar surface area (TPSA) is 137 Å². The van der Waals surface area contributed by atoms with Crippen LogP contribution in [-0.4, -0.2) is 35.9 Å². The Labute approximate surface area is 209 Å². The molecule has 1 saturated heterocycles. The minimum absolute atomic E-state index is 0.164.